The fraction of sp³-hybridized carbons (Fsp3) is 0.100. The van der Waals surface area contributed by atoms with E-state index in [9.17, 15) is 18.0 Å². The molecule has 0 saturated carbocycles. The van der Waals surface area contributed by atoms with Gasteiger partial charge in [0.05, 0.1) is 4.90 Å². The fourth-order valence-corrected chi connectivity index (χ4v) is 4.22. The van der Waals surface area contributed by atoms with Gasteiger partial charge in [-0.3, -0.25) is 20.4 Å². The first-order valence-corrected chi connectivity index (χ1v) is 11.1. The lowest BCUT2D eigenvalue weighted by molar-refractivity contribution is 0.0846. The molecule has 29 heavy (non-hydrogen) atoms. The van der Waals surface area contributed by atoms with E-state index in [0.29, 0.717) is 12.0 Å². The third kappa shape index (κ3) is 5.74. The van der Waals surface area contributed by atoms with E-state index >= 15 is 0 Å². The molecule has 0 radical (unpaired) electrons. The van der Waals surface area contributed by atoms with E-state index < -0.39 is 21.8 Å². The Morgan fingerprint density at radius 2 is 1.41 bits per heavy atom. The molecule has 3 N–H and O–H groups in total. The van der Waals surface area contributed by atoms with Gasteiger partial charge in [0.15, 0.2) is 0 Å². The van der Waals surface area contributed by atoms with E-state index in [0.717, 1.165) is 4.88 Å². The SMILES string of the molecule is O=C(NNC(=O)c1ccc(S(=O)(=O)NCCc2cccs2)cc1)c1ccccc1. The number of sulfonamides is 1. The molecule has 0 aliphatic heterocycles. The molecule has 0 unspecified atom stereocenters. The third-order valence-corrected chi connectivity index (χ3v) is 6.41. The Balaban J connectivity index is 1.54. The van der Waals surface area contributed by atoms with Crippen LogP contribution in [-0.2, 0) is 16.4 Å². The van der Waals surface area contributed by atoms with Crippen LogP contribution >= 0.6 is 11.3 Å². The average molecular weight is 430 g/mol. The number of amides is 2. The number of hydrogen-bond donors (Lipinski definition) is 3. The van der Waals surface area contributed by atoms with Crippen LogP contribution in [0.5, 0.6) is 0 Å². The van der Waals surface area contributed by atoms with Gasteiger partial charge in [-0.1, -0.05) is 24.3 Å². The van der Waals surface area contributed by atoms with Gasteiger partial charge in [0.2, 0.25) is 10.0 Å². The molecule has 9 heteroatoms. The maximum atomic E-state index is 12.3. The molecule has 0 bridgehead atoms. The number of nitrogens with one attached hydrogen (secondary N) is 3. The zero-order valence-electron chi connectivity index (χ0n) is 15.3. The van der Waals surface area contributed by atoms with Gasteiger partial charge in [-0.2, -0.15) is 0 Å². The minimum atomic E-state index is -3.66. The number of carbonyl (C=O) groups excluding carboxylic acids is 2. The van der Waals surface area contributed by atoms with Gasteiger partial charge in [-0.25, -0.2) is 13.1 Å². The van der Waals surface area contributed by atoms with Gasteiger partial charge in [0.25, 0.3) is 11.8 Å². The summed E-state index contributed by atoms with van der Waals surface area (Å²) < 4.78 is 27.2. The van der Waals surface area contributed by atoms with Crippen LogP contribution in [0.25, 0.3) is 0 Å². The number of thiophene rings is 1. The van der Waals surface area contributed by atoms with Crippen molar-refractivity contribution in [3.63, 3.8) is 0 Å². The smallest absolute Gasteiger partial charge is 0.267 e. The summed E-state index contributed by atoms with van der Waals surface area (Å²) in [6.07, 6.45) is 0.610. The molecule has 1 heterocycles. The van der Waals surface area contributed by atoms with Crippen molar-refractivity contribution in [3.8, 4) is 0 Å². The van der Waals surface area contributed by atoms with Crippen molar-refractivity contribution in [2.45, 2.75) is 11.3 Å². The van der Waals surface area contributed by atoms with Gasteiger partial charge in [-0.05, 0) is 54.3 Å². The Labute approximate surface area is 172 Å². The molecular weight excluding hydrogens is 410 g/mol. The predicted octanol–water partition coefficient (Wildman–Crippen LogP) is 2.34. The Kier molecular flexibility index (Phi) is 6.76. The summed E-state index contributed by atoms with van der Waals surface area (Å²) in [7, 11) is -3.66. The quantitative estimate of drug-likeness (QED) is 0.502. The van der Waals surface area contributed by atoms with Crippen LogP contribution < -0.4 is 15.6 Å². The van der Waals surface area contributed by atoms with Crippen molar-refractivity contribution < 1.29 is 18.0 Å². The maximum Gasteiger partial charge on any atom is 0.269 e. The van der Waals surface area contributed by atoms with E-state index in [2.05, 4.69) is 15.6 Å². The van der Waals surface area contributed by atoms with Crippen LogP contribution in [0.15, 0.2) is 77.0 Å². The summed E-state index contributed by atoms with van der Waals surface area (Å²) in [4.78, 5) is 25.3. The normalized spacial score (nSPS) is 11.0. The van der Waals surface area contributed by atoms with E-state index in [1.807, 2.05) is 17.5 Å². The van der Waals surface area contributed by atoms with Crippen LogP contribution in [0.3, 0.4) is 0 Å². The molecule has 0 aliphatic rings. The van der Waals surface area contributed by atoms with Crippen molar-refractivity contribution in [2.75, 3.05) is 6.54 Å². The molecule has 2 aromatic carbocycles. The summed E-state index contributed by atoms with van der Waals surface area (Å²) in [5.74, 6) is -1.00. The lowest BCUT2D eigenvalue weighted by Gasteiger charge is -2.09. The van der Waals surface area contributed by atoms with Crippen LogP contribution in [0.2, 0.25) is 0 Å². The fourth-order valence-electron chi connectivity index (χ4n) is 2.48. The maximum absolute atomic E-state index is 12.3. The Morgan fingerprint density at radius 3 is 2.00 bits per heavy atom. The van der Waals surface area contributed by atoms with Crippen LogP contribution in [0.1, 0.15) is 25.6 Å². The molecule has 7 nitrogen and oxygen atoms in total. The minimum Gasteiger partial charge on any atom is -0.267 e. The molecule has 0 saturated heterocycles. The van der Waals surface area contributed by atoms with Crippen LogP contribution in [0.4, 0.5) is 0 Å². The van der Waals surface area contributed by atoms with Gasteiger partial charge >= 0.3 is 0 Å². The molecule has 0 atom stereocenters. The van der Waals surface area contributed by atoms with Gasteiger partial charge in [-0.15, -0.1) is 11.3 Å². The summed E-state index contributed by atoms with van der Waals surface area (Å²) >= 11 is 1.57. The van der Waals surface area contributed by atoms with Crippen molar-refractivity contribution in [3.05, 3.63) is 88.1 Å². The van der Waals surface area contributed by atoms with Gasteiger partial charge in [0, 0.05) is 22.5 Å². The number of hydrogen-bond acceptors (Lipinski definition) is 5. The van der Waals surface area contributed by atoms with Gasteiger partial charge < -0.3 is 0 Å². The number of hydrazine groups is 1. The highest BCUT2D eigenvalue weighted by molar-refractivity contribution is 7.89. The Bertz CT molecular complexity index is 1060. The molecular formula is C20H19N3O4S2. The highest BCUT2D eigenvalue weighted by Crippen LogP contribution is 2.12. The number of rotatable bonds is 7. The first-order valence-electron chi connectivity index (χ1n) is 8.73. The predicted molar refractivity (Wildman–Crippen MR) is 111 cm³/mol. The van der Waals surface area contributed by atoms with Crippen molar-refractivity contribution in [1.82, 2.24) is 15.6 Å². The summed E-state index contributed by atoms with van der Waals surface area (Å²) in [6, 6.07) is 17.8. The molecule has 1 aromatic heterocycles. The zero-order chi connectivity index (χ0) is 20.7. The lowest BCUT2D eigenvalue weighted by Crippen LogP contribution is -2.41. The molecule has 150 valence electrons. The van der Waals surface area contributed by atoms with E-state index in [1.165, 1.54) is 24.3 Å². The zero-order valence-corrected chi connectivity index (χ0v) is 16.9. The second-order valence-corrected chi connectivity index (χ2v) is 8.82. The third-order valence-electron chi connectivity index (χ3n) is 4.00. The molecule has 2 amide bonds. The number of carbonyl (C=O) groups is 2. The standard InChI is InChI=1S/C20H19N3O4S2/c24-19(15-5-2-1-3-6-15)22-23-20(25)16-8-10-18(11-9-16)29(26,27)21-13-12-17-7-4-14-28-17/h1-11,14,21H,12-13H2,(H,22,24)(H,23,25). The second-order valence-electron chi connectivity index (χ2n) is 6.03. The number of benzene rings is 2. The van der Waals surface area contributed by atoms with Crippen molar-refractivity contribution in [1.29, 1.82) is 0 Å². The van der Waals surface area contributed by atoms with Crippen molar-refractivity contribution >= 4 is 33.2 Å². The second kappa shape index (κ2) is 9.46. The minimum absolute atomic E-state index is 0.0635. The average Bonchev–Trinajstić information content (AvgIpc) is 3.26. The lowest BCUT2D eigenvalue weighted by atomic mass is 10.2. The Morgan fingerprint density at radius 1 is 0.793 bits per heavy atom. The van der Waals surface area contributed by atoms with Crippen molar-refractivity contribution in [2.24, 2.45) is 0 Å². The summed E-state index contributed by atoms with van der Waals surface area (Å²) in [6.45, 7) is 0.288. The molecule has 0 aliphatic carbocycles. The van der Waals surface area contributed by atoms with Crippen LogP contribution in [0, 0.1) is 0 Å². The van der Waals surface area contributed by atoms with Gasteiger partial charge in [0.1, 0.15) is 0 Å². The first-order chi connectivity index (χ1) is 14.0. The molecule has 3 rings (SSSR count). The molecule has 0 spiro atoms. The molecule has 3 aromatic rings. The monoisotopic (exact) mass is 429 g/mol. The van der Waals surface area contributed by atoms with E-state index in [-0.39, 0.29) is 17.0 Å². The highest BCUT2D eigenvalue weighted by Gasteiger charge is 2.15. The van der Waals surface area contributed by atoms with E-state index in [1.54, 1.807) is 41.7 Å². The first kappa shape index (κ1) is 20.7. The topological polar surface area (TPSA) is 104 Å². The Hall–Kier alpha value is -3.01. The van der Waals surface area contributed by atoms with Crippen LogP contribution in [-0.4, -0.2) is 26.8 Å². The van der Waals surface area contributed by atoms with E-state index in [4.69, 9.17) is 0 Å². The highest BCUT2D eigenvalue weighted by atomic mass is 32.2. The summed E-state index contributed by atoms with van der Waals surface area (Å²) in [5, 5.41) is 1.94. The largest absolute Gasteiger partial charge is 0.269 e. The summed E-state index contributed by atoms with van der Waals surface area (Å²) in [5.41, 5.74) is 5.24. The molecule has 0 fully saturated rings.